The van der Waals surface area contributed by atoms with Crippen molar-refractivity contribution in [2.45, 2.75) is 46.1 Å². The summed E-state index contributed by atoms with van der Waals surface area (Å²) in [7, 11) is 1.52. The van der Waals surface area contributed by atoms with E-state index in [1.54, 1.807) is 33.8 Å². The molecule has 1 spiro atoms. The summed E-state index contributed by atoms with van der Waals surface area (Å²) in [5.41, 5.74) is 1.83. The van der Waals surface area contributed by atoms with Gasteiger partial charge in [0.15, 0.2) is 0 Å². The van der Waals surface area contributed by atoms with Gasteiger partial charge < -0.3 is 25.2 Å². The molecule has 0 unspecified atom stereocenters. The van der Waals surface area contributed by atoms with Crippen LogP contribution in [0.1, 0.15) is 42.3 Å². The van der Waals surface area contributed by atoms with Crippen molar-refractivity contribution < 1.29 is 23.9 Å². The summed E-state index contributed by atoms with van der Waals surface area (Å²) in [6.45, 7) is 7.47. The number of ether oxygens (including phenoxy) is 1. The molecule has 3 heterocycles. The topological polar surface area (TPSA) is 126 Å². The molecule has 238 valence electrons. The number of nitrogens with zero attached hydrogens (tertiary/aromatic N) is 4. The quantitative estimate of drug-likeness (QED) is 0.342. The van der Waals surface area contributed by atoms with E-state index in [2.05, 4.69) is 15.7 Å². The van der Waals surface area contributed by atoms with Crippen molar-refractivity contribution >= 4 is 23.6 Å². The van der Waals surface area contributed by atoms with Gasteiger partial charge in [-0.05, 0) is 18.1 Å². The van der Waals surface area contributed by atoms with Crippen molar-refractivity contribution in [1.29, 1.82) is 0 Å². The lowest BCUT2D eigenvalue weighted by molar-refractivity contribution is -0.153. The van der Waals surface area contributed by atoms with Crippen LogP contribution in [0.15, 0.2) is 73.1 Å². The molecule has 5 rings (SSSR count). The van der Waals surface area contributed by atoms with Crippen LogP contribution in [0.5, 0.6) is 0 Å². The number of likely N-dealkylation sites (tertiary alicyclic amines) is 2. The molecule has 0 saturated carbocycles. The molecule has 45 heavy (non-hydrogen) atoms. The Kier molecular flexibility index (Phi) is 9.67. The van der Waals surface area contributed by atoms with E-state index in [1.165, 1.54) is 7.05 Å². The first-order valence-electron chi connectivity index (χ1n) is 15.4. The van der Waals surface area contributed by atoms with Gasteiger partial charge in [0, 0.05) is 50.8 Å². The van der Waals surface area contributed by atoms with E-state index in [4.69, 9.17) is 4.74 Å². The van der Waals surface area contributed by atoms with Crippen LogP contribution in [-0.4, -0.2) is 88.6 Å². The highest BCUT2D eigenvalue weighted by molar-refractivity contribution is 5.95. The smallest absolute Gasteiger partial charge is 0.257 e. The molecule has 3 aromatic rings. The molecular formula is C34H42N6O5. The molecule has 0 aliphatic carbocycles. The van der Waals surface area contributed by atoms with Gasteiger partial charge in [0.1, 0.15) is 6.04 Å². The number of carbonyl (C=O) groups is 4. The van der Waals surface area contributed by atoms with E-state index in [0.717, 1.165) is 11.1 Å². The summed E-state index contributed by atoms with van der Waals surface area (Å²) in [4.78, 5) is 56.8. The van der Waals surface area contributed by atoms with E-state index in [0.29, 0.717) is 31.7 Å². The highest BCUT2D eigenvalue weighted by Gasteiger charge is 2.59. The fourth-order valence-corrected chi connectivity index (χ4v) is 6.26. The standard InChI is InChI=1S/C34H42N6O5/c1-23(2)32(43)39-21-34(22-39)20-38(33(44)27-15-36-40(17-27)16-25-11-7-5-8-12-25)18-28(34)30(41)37-29(31(42)35-4)24(3)45-19-26-13-9-6-10-14-26/h5-15,17,23-24,28-29H,16,18-22H2,1-4H3,(H,35,42)(H,37,41)/t24-,28-,29+/m1/s1. The van der Waals surface area contributed by atoms with E-state index < -0.39 is 23.5 Å². The maximum atomic E-state index is 14.0. The lowest BCUT2D eigenvalue weighted by Gasteiger charge is -2.51. The summed E-state index contributed by atoms with van der Waals surface area (Å²) >= 11 is 0. The number of hydrogen-bond donors (Lipinski definition) is 2. The van der Waals surface area contributed by atoms with Gasteiger partial charge >= 0.3 is 0 Å². The summed E-state index contributed by atoms with van der Waals surface area (Å²) < 4.78 is 7.72. The van der Waals surface area contributed by atoms with E-state index in [-0.39, 0.29) is 42.7 Å². The summed E-state index contributed by atoms with van der Waals surface area (Å²) in [5, 5.41) is 9.95. The van der Waals surface area contributed by atoms with E-state index in [9.17, 15) is 19.2 Å². The number of likely N-dealkylation sites (N-methyl/N-ethyl adjacent to an activating group) is 1. The normalized spacial score (nSPS) is 18.4. The zero-order valence-corrected chi connectivity index (χ0v) is 26.3. The fourth-order valence-electron chi connectivity index (χ4n) is 6.26. The Hall–Kier alpha value is -4.51. The van der Waals surface area contributed by atoms with Crippen LogP contribution in [0.2, 0.25) is 0 Å². The third-order valence-corrected chi connectivity index (χ3v) is 8.79. The van der Waals surface area contributed by atoms with Crippen molar-refractivity contribution in [3.63, 3.8) is 0 Å². The first kappa shape index (κ1) is 31.9. The second-order valence-corrected chi connectivity index (χ2v) is 12.5. The minimum atomic E-state index is -0.947. The molecule has 0 bridgehead atoms. The predicted octanol–water partition coefficient (Wildman–Crippen LogP) is 2.32. The molecule has 11 heteroatoms. The number of benzene rings is 2. The lowest BCUT2D eigenvalue weighted by atomic mass is 9.70. The van der Waals surface area contributed by atoms with Crippen LogP contribution in [0.4, 0.5) is 0 Å². The van der Waals surface area contributed by atoms with Gasteiger partial charge in [0.2, 0.25) is 17.7 Å². The van der Waals surface area contributed by atoms with Crippen molar-refractivity contribution in [2.24, 2.45) is 17.3 Å². The van der Waals surface area contributed by atoms with Crippen LogP contribution in [0, 0.1) is 17.3 Å². The maximum Gasteiger partial charge on any atom is 0.257 e. The second kappa shape index (κ2) is 13.6. The molecule has 2 saturated heterocycles. The zero-order chi connectivity index (χ0) is 32.1. The summed E-state index contributed by atoms with van der Waals surface area (Å²) in [6.07, 6.45) is 2.65. The largest absolute Gasteiger partial charge is 0.371 e. The fraction of sp³-hybridized carbons (Fsp3) is 0.441. The molecule has 2 N–H and O–H groups in total. The van der Waals surface area contributed by atoms with Gasteiger partial charge in [0.25, 0.3) is 5.91 Å². The van der Waals surface area contributed by atoms with Crippen molar-refractivity contribution in [3.05, 3.63) is 89.7 Å². The van der Waals surface area contributed by atoms with E-state index >= 15 is 0 Å². The Balaban J connectivity index is 1.31. The first-order chi connectivity index (χ1) is 21.6. The third-order valence-electron chi connectivity index (χ3n) is 8.79. The molecule has 4 amide bonds. The Labute approximate surface area is 263 Å². The average molecular weight is 615 g/mol. The number of carbonyl (C=O) groups excluding carboxylic acids is 4. The van der Waals surface area contributed by atoms with E-state index in [1.807, 2.05) is 74.5 Å². The Morgan fingerprint density at radius 1 is 0.933 bits per heavy atom. The predicted molar refractivity (Wildman–Crippen MR) is 168 cm³/mol. The molecule has 2 fully saturated rings. The number of rotatable bonds is 11. The first-order valence-corrected chi connectivity index (χ1v) is 15.4. The Morgan fingerprint density at radius 3 is 2.18 bits per heavy atom. The van der Waals surface area contributed by atoms with Gasteiger partial charge in [-0.15, -0.1) is 0 Å². The highest BCUT2D eigenvalue weighted by Crippen LogP contribution is 2.45. The van der Waals surface area contributed by atoms with Gasteiger partial charge in [-0.25, -0.2) is 0 Å². The van der Waals surface area contributed by atoms with Gasteiger partial charge in [-0.3, -0.25) is 23.9 Å². The monoisotopic (exact) mass is 614 g/mol. The molecule has 0 radical (unpaired) electrons. The van der Waals surface area contributed by atoms with Gasteiger partial charge in [-0.1, -0.05) is 74.5 Å². The number of amides is 4. The van der Waals surface area contributed by atoms with Crippen LogP contribution in [0.3, 0.4) is 0 Å². The van der Waals surface area contributed by atoms with Crippen LogP contribution in [-0.2, 0) is 32.3 Å². The van der Waals surface area contributed by atoms with Crippen LogP contribution >= 0.6 is 0 Å². The Morgan fingerprint density at radius 2 is 1.56 bits per heavy atom. The lowest BCUT2D eigenvalue weighted by Crippen LogP contribution is -2.65. The number of hydrogen-bond acceptors (Lipinski definition) is 6. The number of aromatic nitrogens is 2. The molecule has 2 aliphatic heterocycles. The average Bonchev–Trinajstić information content (AvgIpc) is 3.67. The maximum absolute atomic E-state index is 14.0. The molecule has 3 atom stereocenters. The molecule has 2 aliphatic rings. The third kappa shape index (κ3) is 7.09. The molecule has 11 nitrogen and oxygen atoms in total. The van der Waals surface area contributed by atoms with Crippen LogP contribution < -0.4 is 10.6 Å². The summed E-state index contributed by atoms with van der Waals surface area (Å²) in [5.74, 6) is -1.72. The van der Waals surface area contributed by atoms with Crippen molar-refractivity contribution in [3.8, 4) is 0 Å². The van der Waals surface area contributed by atoms with Crippen molar-refractivity contribution in [2.75, 3.05) is 33.2 Å². The highest BCUT2D eigenvalue weighted by atomic mass is 16.5. The Bertz CT molecular complexity index is 1500. The number of nitrogens with one attached hydrogen (secondary N) is 2. The zero-order valence-electron chi connectivity index (χ0n) is 26.3. The molecular weight excluding hydrogens is 572 g/mol. The molecule has 2 aromatic carbocycles. The van der Waals surface area contributed by atoms with Crippen molar-refractivity contribution in [1.82, 2.24) is 30.2 Å². The van der Waals surface area contributed by atoms with Gasteiger partial charge in [0.05, 0.1) is 36.9 Å². The van der Waals surface area contributed by atoms with Crippen LogP contribution in [0.25, 0.3) is 0 Å². The van der Waals surface area contributed by atoms with Gasteiger partial charge in [-0.2, -0.15) is 5.10 Å². The minimum Gasteiger partial charge on any atom is -0.371 e. The summed E-state index contributed by atoms with van der Waals surface area (Å²) in [6, 6.07) is 18.5. The second-order valence-electron chi connectivity index (χ2n) is 12.5. The minimum absolute atomic E-state index is 0.0120. The SMILES string of the molecule is CNC(=O)[C@@H](NC(=O)[C@H]1CN(C(=O)c2cnn(Cc3ccccc3)c2)CC12CN(C(=O)C(C)C)C2)[C@@H](C)OCc1ccccc1. The molecule has 1 aromatic heterocycles.